The summed E-state index contributed by atoms with van der Waals surface area (Å²) in [6, 6.07) is 3.64. The summed E-state index contributed by atoms with van der Waals surface area (Å²) >= 11 is 0. The Hall–Kier alpha value is -0.790. The summed E-state index contributed by atoms with van der Waals surface area (Å²) < 4.78 is 11.6. The van der Waals surface area contributed by atoms with E-state index in [9.17, 15) is 14.6 Å². The molecule has 3 nitrogen and oxygen atoms in total. The smallest absolute Gasteiger partial charge is 0.123 e. The average Bonchev–Trinajstić information content (AvgIpc) is 2.14. The molecular weight excluding hydrogens is 283 g/mol. The Kier molecular flexibility index (Phi) is 5.91. The molecule has 1 aromatic carbocycles. The zero-order chi connectivity index (χ0) is 15.9. The lowest BCUT2D eigenvalue weighted by molar-refractivity contribution is -0.173. The Morgan fingerprint density at radius 2 is 1.38 bits per heavy atom. The zero-order valence-electron chi connectivity index (χ0n) is 13.6. The van der Waals surface area contributed by atoms with Crippen molar-refractivity contribution in [3.8, 4) is 5.75 Å². The lowest BCUT2D eigenvalue weighted by atomic mass is 9.78. The molecule has 0 amide bonds. The van der Waals surface area contributed by atoms with Gasteiger partial charge in [0, 0.05) is 13.5 Å². The lowest BCUT2D eigenvalue weighted by Gasteiger charge is -2.29. The van der Waals surface area contributed by atoms with Crippen LogP contribution in [0.15, 0.2) is 12.1 Å². The van der Waals surface area contributed by atoms with Gasteiger partial charge in [0.05, 0.1) is 0 Å². The molecule has 0 bridgehead atoms. The van der Waals surface area contributed by atoms with E-state index in [0.717, 1.165) is 16.7 Å². The van der Waals surface area contributed by atoms with Crippen molar-refractivity contribution in [1.82, 2.24) is 0 Å². The minimum absolute atomic E-state index is 0. The molecular formula is C17H30O3P-. The first-order valence-corrected chi connectivity index (χ1v) is 9.12. The molecule has 0 aromatic heterocycles. The highest BCUT2D eigenvalue weighted by Gasteiger charge is 2.26. The molecule has 1 unspecified atom stereocenters. The van der Waals surface area contributed by atoms with Gasteiger partial charge in [0.15, 0.2) is 0 Å². The molecule has 1 N–H and O–H groups in total. The van der Waals surface area contributed by atoms with E-state index in [-0.39, 0.29) is 30.2 Å². The Morgan fingerprint density at radius 3 is 1.62 bits per heavy atom. The average molecular weight is 313 g/mol. The first-order valence-electron chi connectivity index (χ1n) is 6.86. The zero-order valence-corrected chi connectivity index (χ0v) is 14.5. The predicted molar refractivity (Wildman–Crippen MR) is 89.5 cm³/mol. The molecule has 0 saturated heterocycles. The van der Waals surface area contributed by atoms with E-state index in [2.05, 4.69) is 0 Å². The van der Waals surface area contributed by atoms with Crippen LogP contribution in [-0.2, 0) is 21.6 Å². The molecule has 0 heterocycles. The molecule has 0 aliphatic heterocycles. The number of hydrogen-bond donors (Lipinski definition) is 1. The molecule has 0 spiro atoms. The number of benzene rings is 1. The van der Waals surface area contributed by atoms with Crippen LogP contribution in [0.2, 0.25) is 0 Å². The fourth-order valence-electron chi connectivity index (χ4n) is 2.26. The van der Waals surface area contributed by atoms with Gasteiger partial charge >= 0.3 is 0 Å². The number of phenols is 1. The maximum absolute atomic E-state index is 11.6. The first-order chi connectivity index (χ1) is 8.72. The van der Waals surface area contributed by atoms with Crippen LogP contribution in [0.4, 0.5) is 0 Å². The first kappa shape index (κ1) is 20.2. The van der Waals surface area contributed by atoms with Crippen molar-refractivity contribution >= 4 is 7.37 Å². The highest BCUT2D eigenvalue weighted by molar-refractivity contribution is 7.54. The Morgan fingerprint density at radius 1 is 1.05 bits per heavy atom. The molecule has 122 valence electrons. The minimum Gasteiger partial charge on any atom is -0.799 e. The molecule has 1 atom stereocenters. The molecule has 21 heavy (non-hydrogen) atoms. The summed E-state index contributed by atoms with van der Waals surface area (Å²) in [5.41, 5.74) is 1.88. The molecule has 4 heteroatoms. The van der Waals surface area contributed by atoms with Crippen molar-refractivity contribution < 1.29 is 14.6 Å². The molecule has 0 saturated carbocycles. The van der Waals surface area contributed by atoms with Gasteiger partial charge in [-0.3, -0.25) is 0 Å². The van der Waals surface area contributed by atoms with Crippen LogP contribution < -0.4 is 4.89 Å². The second-order valence-electron chi connectivity index (χ2n) is 7.71. The maximum Gasteiger partial charge on any atom is 0.123 e. The van der Waals surface area contributed by atoms with Crippen molar-refractivity contribution in [2.45, 2.75) is 66.0 Å². The number of phenolic OH excluding ortho intramolecular Hbond substituents is 1. The van der Waals surface area contributed by atoms with Crippen molar-refractivity contribution in [3.63, 3.8) is 0 Å². The normalized spacial score (nSPS) is 15.2. The summed E-state index contributed by atoms with van der Waals surface area (Å²) in [5.74, 6) is 0.283. The van der Waals surface area contributed by atoms with Gasteiger partial charge in [0.25, 0.3) is 0 Å². The third-order valence-electron chi connectivity index (χ3n) is 3.26. The maximum atomic E-state index is 11.6. The van der Waals surface area contributed by atoms with E-state index >= 15 is 0 Å². The van der Waals surface area contributed by atoms with Gasteiger partial charge < -0.3 is 14.6 Å². The van der Waals surface area contributed by atoms with E-state index in [0.29, 0.717) is 0 Å². The van der Waals surface area contributed by atoms with Crippen molar-refractivity contribution in [2.75, 3.05) is 6.66 Å². The number of rotatable bonds is 2. The van der Waals surface area contributed by atoms with Gasteiger partial charge in [-0.05, 0) is 34.2 Å². The third-order valence-corrected chi connectivity index (χ3v) is 4.20. The minimum atomic E-state index is -3.38. The summed E-state index contributed by atoms with van der Waals surface area (Å²) in [5, 5.41) is 10.5. The standard InChI is InChI=1S/C16H27O3P.CH4/c1-15(2,3)12-8-11(10-20(7,18)19)9-13(14(12)17)16(4,5)6;/h8-9,17H,10H2,1-7H3,(H,18,19);1H4/p-1. The van der Waals surface area contributed by atoms with Crippen LogP contribution >= 0.6 is 7.37 Å². The van der Waals surface area contributed by atoms with Crippen LogP contribution in [0, 0.1) is 0 Å². The topological polar surface area (TPSA) is 60.4 Å². The second-order valence-corrected chi connectivity index (χ2v) is 10.1. The highest BCUT2D eigenvalue weighted by Crippen LogP contribution is 2.43. The Balaban J connectivity index is 0.00000400. The monoisotopic (exact) mass is 313 g/mol. The van der Waals surface area contributed by atoms with E-state index in [4.69, 9.17) is 0 Å². The largest absolute Gasteiger partial charge is 0.799 e. The van der Waals surface area contributed by atoms with Gasteiger partial charge in [0.1, 0.15) is 5.75 Å². The van der Waals surface area contributed by atoms with E-state index in [1.807, 2.05) is 53.7 Å². The number of aromatic hydroxyl groups is 1. The summed E-state index contributed by atoms with van der Waals surface area (Å²) in [6.07, 6.45) is 0.0272. The second kappa shape index (κ2) is 6.14. The lowest BCUT2D eigenvalue weighted by Crippen LogP contribution is -2.18. The van der Waals surface area contributed by atoms with E-state index in [1.54, 1.807) is 0 Å². The van der Waals surface area contributed by atoms with Crippen molar-refractivity contribution in [3.05, 3.63) is 28.8 Å². The quantitative estimate of drug-likeness (QED) is 0.824. The fourth-order valence-corrected chi connectivity index (χ4v) is 3.11. The summed E-state index contributed by atoms with van der Waals surface area (Å²) in [4.78, 5) is 11.6. The van der Waals surface area contributed by atoms with E-state index < -0.39 is 7.37 Å². The van der Waals surface area contributed by atoms with Gasteiger partial charge in [-0.2, -0.15) is 0 Å². The third kappa shape index (κ3) is 5.48. The van der Waals surface area contributed by atoms with Crippen LogP contribution in [0.1, 0.15) is 65.7 Å². The summed E-state index contributed by atoms with van der Waals surface area (Å²) in [6.45, 7) is 13.3. The van der Waals surface area contributed by atoms with Crippen molar-refractivity contribution in [1.29, 1.82) is 0 Å². The predicted octanol–water partition coefficient (Wildman–Crippen LogP) is 4.39. The molecule has 0 radical (unpaired) electrons. The van der Waals surface area contributed by atoms with Crippen LogP contribution in [0.3, 0.4) is 0 Å². The van der Waals surface area contributed by atoms with Crippen molar-refractivity contribution in [2.24, 2.45) is 0 Å². The van der Waals surface area contributed by atoms with E-state index in [1.165, 1.54) is 6.66 Å². The van der Waals surface area contributed by atoms with Gasteiger partial charge in [-0.25, -0.2) is 0 Å². The fraction of sp³-hybridized carbons (Fsp3) is 0.647. The Bertz CT molecular complexity index is 507. The number of hydrogen-bond acceptors (Lipinski definition) is 3. The SMILES string of the molecule is C.CC(C)(C)c1cc(CP(C)(=O)[O-])cc(C(C)(C)C)c1O. The molecule has 1 aromatic rings. The molecule has 0 fully saturated rings. The molecule has 1 rings (SSSR count). The molecule has 0 aliphatic rings. The van der Waals surface area contributed by atoms with Crippen LogP contribution in [0.5, 0.6) is 5.75 Å². The highest BCUT2D eigenvalue weighted by atomic mass is 31.2. The Labute approximate surface area is 129 Å². The van der Waals surface area contributed by atoms with Gasteiger partial charge in [0.2, 0.25) is 0 Å². The van der Waals surface area contributed by atoms with Crippen LogP contribution in [0.25, 0.3) is 0 Å². The molecule has 0 aliphatic carbocycles. The van der Waals surface area contributed by atoms with Crippen LogP contribution in [-0.4, -0.2) is 11.8 Å². The van der Waals surface area contributed by atoms with Gasteiger partial charge in [-0.15, -0.1) is 0 Å². The van der Waals surface area contributed by atoms with Gasteiger partial charge in [-0.1, -0.05) is 61.1 Å². The summed E-state index contributed by atoms with van der Waals surface area (Å²) in [7, 11) is -3.38.